The van der Waals surface area contributed by atoms with E-state index in [9.17, 15) is 10.2 Å². The highest BCUT2D eigenvalue weighted by atomic mass is 16.3. The highest BCUT2D eigenvalue weighted by Gasteiger charge is 2.35. The number of hydrogen-bond donors (Lipinski definition) is 2. The fourth-order valence-electron chi connectivity index (χ4n) is 3.60. The second-order valence-corrected chi connectivity index (χ2v) is 9.75. The van der Waals surface area contributed by atoms with Gasteiger partial charge in [-0.15, -0.1) is 0 Å². The maximum absolute atomic E-state index is 10.6. The Morgan fingerprint density at radius 1 is 0.880 bits per heavy atom. The molecule has 2 rings (SSSR count). The van der Waals surface area contributed by atoms with E-state index in [-0.39, 0.29) is 0 Å². The van der Waals surface area contributed by atoms with E-state index in [1.807, 2.05) is 0 Å². The lowest BCUT2D eigenvalue weighted by Gasteiger charge is -2.17. The summed E-state index contributed by atoms with van der Waals surface area (Å²) in [5.41, 5.74) is 2.85. The van der Waals surface area contributed by atoms with Crippen molar-refractivity contribution in [3.63, 3.8) is 0 Å². The van der Waals surface area contributed by atoms with Crippen LogP contribution in [0.5, 0.6) is 11.5 Å². The van der Waals surface area contributed by atoms with Crippen LogP contribution in [0.15, 0.2) is 12.1 Å². The van der Waals surface area contributed by atoms with Crippen LogP contribution in [0.4, 0.5) is 0 Å². The smallest absolute Gasteiger partial charge is 0.122 e. The van der Waals surface area contributed by atoms with Gasteiger partial charge in [-0.05, 0) is 85.5 Å². The average molecular weight is 347 g/mol. The molecule has 2 heteroatoms. The molecule has 0 bridgehead atoms. The predicted octanol–water partition coefficient (Wildman–Crippen LogP) is 6.76. The molecule has 1 fully saturated rings. The van der Waals surface area contributed by atoms with E-state index >= 15 is 0 Å². The third-order valence-corrected chi connectivity index (χ3v) is 5.71. The van der Waals surface area contributed by atoms with Gasteiger partial charge in [-0.1, -0.05) is 47.0 Å². The molecule has 1 aromatic carbocycles. The largest absolute Gasteiger partial charge is 0.508 e. The lowest BCUT2D eigenvalue weighted by molar-refractivity contribution is 0.357. The van der Waals surface area contributed by atoms with Crippen molar-refractivity contribution in [2.75, 3.05) is 0 Å². The molecule has 0 saturated heterocycles. The first-order chi connectivity index (χ1) is 11.7. The summed E-state index contributed by atoms with van der Waals surface area (Å²) in [5.74, 6) is 0.720. The summed E-state index contributed by atoms with van der Waals surface area (Å²) in [6.07, 6.45) is 12.8. The molecule has 2 N–H and O–H groups in total. The van der Waals surface area contributed by atoms with Crippen molar-refractivity contribution < 1.29 is 10.2 Å². The first kappa shape index (κ1) is 20.1. The zero-order valence-corrected chi connectivity index (χ0v) is 16.8. The van der Waals surface area contributed by atoms with Crippen LogP contribution in [0, 0.1) is 10.8 Å². The molecule has 25 heavy (non-hydrogen) atoms. The average Bonchev–Trinajstić information content (AvgIpc) is 3.24. The van der Waals surface area contributed by atoms with Crippen molar-refractivity contribution in [2.45, 2.75) is 98.3 Å². The van der Waals surface area contributed by atoms with Gasteiger partial charge in [0, 0.05) is 0 Å². The number of aryl methyl sites for hydroxylation is 2. The SMILES string of the molecule is CC(C)(C)CCCCCc1cc(O)cc(CCCCC2(C)CC2)c1O. The zero-order chi connectivity index (χ0) is 18.5. The van der Waals surface area contributed by atoms with E-state index in [2.05, 4.69) is 27.7 Å². The van der Waals surface area contributed by atoms with Crippen LogP contribution < -0.4 is 0 Å². The topological polar surface area (TPSA) is 40.5 Å². The second kappa shape index (κ2) is 8.47. The molecular formula is C23H38O2. The molecule has 1 aliphatic carbocycles. The molecular weight excluding hydrogens is 308 g/mol. The van der Waals surface area contributed by atoms with Crippen molar-refractivity contribution in [2.24, 2.45) is 10.8 Å². The Hall–Kier alpha value is -1.18. The van der Waals surface area contributed by atoms with Crippen LogP contribution in [0.1, 0.15) is 96.6 Å². The molecule has 0 amide bonds. The van der Waals surface area contributed by atoms with E-state index in [0.717, 1.165) is 36.8 Å². The summed E-state index contributed by atoms with van der Waals surface area (Å²) in [5, 5.41) is 20.6. The number of aromatic hydroxyl groups is 2. The Labute approximate surface area is 154 Å². The van der Waals surface area contributed by atoms with Gasteiger partial charge in [-0.2, -0.15) is 0 Å². The van der Waals surface area contributed by atoms with Gasteiger partial charge in [0.15, 0.2) is 0 Å². The van der Waals surface area contributed by atoms with Crippen molar-refractivity contribution in [1.82, 2.24) is 0 Å². The monoisotopic (exact) mass is 346 g/mol. The highest BCUT2D eigenvalue weighted by Crippen LogP contribution is 2.49. The van der Waals surface area contributed by atoms with Gasteiger partial charge in [-0.3, -0.25) is 0 Å². The molecule has 0 unspecified atom stereocenters. The molecule has 0 aromatic heterocycles. The highest BCUT2D eigenvalue weighted by molar-refractivity contribution is 5.46. The number of phenolic OH excluding ortho intramolecular Hbond substituents is 2. The minimum Gasteiger partial charge on any atom is -0.508 e. The molecule has 1 saturated carbocycles. The van der Waals surface area contributed by atoms with Crippen molar-refractivity contribution >= 4 is 0 Å². The lowest BCUT2D eigenvalue weighted by atomic mass is 9.89. The number of unbranched alkanes of at least 4 members (excludes halogenated alkanes) is 3. The summed E-state index contributed by atoms with van der Waals surface area (Å²) in [6.45, 7) is 9.22. The number of benzene rings is 1. The Kier molecular flexibility index (Phi) is 6.82. The molecule has 0 aliphatic heterocycles. The first-order valence-corrected chi connectivity index (χ1v) is 10.2. The third kappa shape index (κ3) is 7.30. The molecule has 2 nitrogen and oxygen atoms in total. The maximum atomic E-state index is 10.6. The number of phenols is 2. The van der Waals surface area contributed by atoms with E-state index in [1.54, 1.807) is 12.1 Å². The third-order valence-electron chi connectivity index (χ3n) is 5.71. The Morgan fingerprint density at radius 3 is 1.96 bits per heavy atom. The van der Waals surface area contributed by atoms with Gasteiger partial charge in [0.2, 0.25) is 0 Å². The summed E-state index contributed by atoms with van der Waals surface area (Å²) < 4.78 is 0. The van der Waals surface area contributed by atoms with Crippen LogP contribution >= 0.6 is 0 Å². The van der Waals surface area contributed by atoms with Gasteiger partial charge >= 0.3 is 0 Å². The van der Waals surface area contributed by atoms with Crippen LogP contribution in [0.2, 0.25) is 0 Å². The molecule has 1 aromatic rings. The minimum atomic E-state index is 0.298. The second-order valence-electron chi connectivity index (χ2n) is 9.75. The van der Waals surface area contributed by atoms with Crippen molar-refractivity contribution in [3.05, 3.63) is 23.3 Å². The van der Waals surface area contributed by atoms with Gasteiger partial charge in [0.1, 0.15) is 11.5 Å². The summed E-state index contributed by atoms with van der Waals surface area (Å²) in [4.78, 5) is 0. The standard InChI is InChI=1S/C23H38O2/c1-22(2,3)12-8-5-6-10-18-16-20(24)17-19(21(18)25)11-7-9-13-23(4)14-15-23/h16-17,24-25H,5-15H2,1-4H3. The minimum absolute atomic E-state index is 0.298. The maximum Gasteiger partial charge on any atom is 0.122 e. The molecule has 142 valence electrons. The quantitative estimate of drug-likeness (QED) is 0.363. The predicted molar refractivity (Wildman–Crippen MR) is 106 cm³/mol. The van der Waals surface area contributed by atoms with E-state index in [1.165, 1.54) is 44.9 Å². The van der Waals surface area contributed by atoms with E-state index < -0.39 is 0 Å². The Morgan fingerprint density at radius 2 is 1.44 bits per heavy atom. The number of rotatable bonds is 10. The zero-order valence-electron chi connectivity index (χ0n) is 16.8. The molecule has 0 atom stereocenters. The number of hydrogen-bond acceptors (Lipinski definition) is 2. The van der Waals surface area contributed by atoms with Crippen LogP contribution in [-0.2, 0) is 12.8 Å². The fraction of sp³-hybridized carbons (Fsp3) is 0.739. The summed E-state index contributed by atoms with van der Waals surface area (Å²) in [7, 11) is 0. The van der Waals surface area contributed by atoms with Crippen LogP contribution in [0.25, 0.3) is 0 Å². The van der Waals surface area contributed by atoms with Crippen molar-refractivity contribution in [3.8, 4) is 11.5 Å². The first-order valence-electron chi connectivity index (χ1n) is 10.2. The van der Waals surface area contributed by atoms with Gasteiger partial charge in [0.05, 0.1) is 0 Å². The molecule has 1 aliphatic rings. The fourth-order valence-corrected chi connectivity index (χ4v) is 3.60. The van der Waals surface area contributed by atoms with Gasteiger partial charge in [-0.25, -0.2) is 0 Å². The van der Waals surface area contributed by atoms with E-state index in [4.69, 9.17) is 0 Å². The van der Waals surface area contributed by atoms with Crippen LogP contribution in [0.3, 0.4) is 0 Å². The van der Waals surface area contributed by atoms with Gasteiger partial charge in [0.25, 0.3) is 0 Å². The normalized spacial score (nSPS) is 16.2. The molecule has 0 radical (unpaired) electrons. The summed E-state index contributed by atoms with van der Waals surface area (Å²) >= 11 is 0. The summed E-state index contributed by atoms with van der Waals surface area (Å²) in [6, 6.07) is 3.49. The van der Waals surface area contributed by atoms with E-state index in [0.29, 0.717) is 22.3 Å². The molecule has 0 spiro atoms. The van der Waals surface area contributed by atoms with Crippen LogP contribution in [-0.4, -0.2) is 10.2 Å². The lowest BCUT2D eigenvalue weighted by Crippen LogP contribution is -2.04. The Balaban J connectivity index is 1.79. The van der Waals surface area contributed by atoms with Crippen molar-refractivity contribution in [1.29, 1.82) is 0 Å². The van der Waals surface area contributed by atoms with Gasteiger partial charge < -0.3 is 10.2 Å². The molecule has 0 heterocycles. The Bertz CT molecular complexity index is 550.